The minimum Gasteiger partial charge on any atom is -0.497 e. The van der Waals surface area contributed by atoms with Gasteiger partial charge in [0, 0.05) is 0 Å². The molecule has 0 fully saturated rings. The largest absolute Gasteiger partial charge is 0.497 e. The molecule has 0 spiro atoms. The number of fused-ring (bicyclic) bond motifs is 2. The standard InChI is InChI=1S/C41H42O6/c1-3-38(44-24-30-12-6-4-7-13-30)40-41(46-26-31-14-8-5-9-15-31)39(45-25-32-18-20-37(42-2)21-19-32)29-43-27-35-22-33-16-10-11-17-34(33)23-36(35)28-47-40/h3-23,38-41H,1,24-29H2,2H3/t38-,39?,40?,41+/m1/s1. The molecule has 0 aromatic heterocycles. The lowest BCUT2D eigenvalue weighted by molar-refractivity contribution is -0.194. The fraction of sp³-hybridized carbons (Fsp3) is 0.268. The van der Waals surface area contributed by atoms with Crippen molar-refractivity contribution >= 4 is 10.8 Å². The molecular weight excluding hydrogens is 588 g/mol. The monoisotopic (exact) mass is 630 g/mol. The number of methoxy groups -OCH3 is 1. The third-order valence-corrected chi connectivity index (χ3v) is 8.48. The highest BCUT2D eigenvalue weighted by molar-refractivity contribution is 5.84. The van der Waals surface area contributed by atoms with Gasteiger partial charge in [-0.3, -0.25) is 0 Å². The van der Waals surface area contributed by atoms with Crippen molar-refractivity contribution in [2.75, 3.05) is 13.7 Å². The van der Waals surface area contributed by atoms with E-state index in [-0.39, 0.29) is 0 Å². The number of rotatable bonds is 12. The molecule has 6 nitrogen and oxygen atoms in total. The lowest BCUT2D eigenvalue weighted by Gasteiger charge is -2.37. The summed E-state index contributed by atoms with van der Waals surface area (Å²) in [6, 6.07) is 40.9. The van der Waals surface area contributed by atoms with E-state index in [9.17, 15) is 0 Å². The molecule has 242 valence electrons. The summed E-state index contributed by atoms with van der Waals surface area (Å²) in [4.78, 5) is 0. The van der Waals surface area contributed by atoms with Gasteiger partial charge >= 0.3 is 0 Å². The molecule has 1 aliphatic rings. The van der Waals surface area contributed by atoms with Gasteiger partial charge in [-0.25, -0.2) is 0 Å². The van der Waals surface area contributed by atoms with E-state index in [1.54, 1.807) is 13.2 Å². The van der Waals surface area contributed by atoms with Crippen molar-refractivity contribution in [2.45, 2.75) is 57.5 Å². The van der Waals surface area contributed by atoms with Gasteiger partial charge in [-0.05, 0) is 62.9 Å². The number of benzene rings is 5. The van der Waals surface area contributed by atoms with E-state index < -0.39 is 24.4 Å². The van der Waals surface area contributed by atoms with Gasteiger partial charge in [-0.1, -0.05) is 103 Å². The van der Waals surface area contributed by atoms with E-state index in [1.165, 1.54) is 0 Å². The van der Waals surface area contributed by atoms with Crippen LogP contribution in [0.4, 0.5) is 0 Å². The zero-order valence-corrected chi connectivity index (χ0v) is 26.8. The maximum absolute atomic E-state index is 6.88. The highest BCUT2D eigenvalue weighted by Gasteiger charge is 2.38. The van der Waals surface area contributed by atoms with Gasteiger partial charge in [0.2, 0.25) is 0 Å². The van der Waals surface area contributed by atoms with Crippen molar-refractivity contribution in [3.63, 3.8) is 0 Å². The van der Waals surface area contributed by atoms with Crippen molar-refractivity contribution in [1.29, 1.82) is 0 Å². The van der Waals surface area contributed by atoms with Gasteiger partial charge < -0.3 is 28.4 Å². The molecule has 0 amide bonds. The molecule has 0 radical (unpaired) electrons. The summed E-state index contributed by atoms with van der Waals surface area (Å²) in [5.74, 6) is 0.795. The first-order valence-electron chi connectivity index (χ1n) is 16.1. The van der Waals surface area contributed by atoms with Gasteiger partial charge in [0.15, 0.2) is 0 Å². The zero-order valence-electron chi connectivity index (χ0n) is 26.8. The van der Waals surface area contributed by atoms with Crippen molar-refractivity contribution in [2.24, 2.45) is 0 Å². The highest BCUT2D eigenvalue weighted by Crippen LogP contribution is 2.28. The first-order chi connectivity index (χ1) is 23.2. The molecule has 0 saturated heterocycles. The van der Waals surface area contributed by atoms with Gasteiger partial charge in [0.05, 0.1) is 46.8 Å². The van der Waals surface area contributed by atoms with Gasteiger partial charge in [0.1, 0.15) is 30.2 Å². The second kappa shape index (κ2) is 16.5. The van der Waals surface area contributed by atoms with Crippen LogP contribution in [0.15, 0.2) is 134 Å². The number of hydrogen-bond donors (Lipinski definition) is 0. The summed E-state index contributed by atoms with van der Waals surface area (Å²) in [5.41, 5.74) is 5.28. The molecule has 4 atom stereocenters. The molecule has 6 heteroatoms. The molecule has 5 aromatic carbocycles. The molecule has 1 aliphatic heterocycles. The number of hydrogen-bond acceptors (Lipinski definition) is 6. The van der Waals surface area contributed by atoms with E-state index in [0.717, 1.165) is 44.3 Å². The predicted molar refractivity (Wildman–Crippen MR) is 184 cm³/mol. The summed E-state index contributed by atoms with van der Waals surface area (Å²) in [7, 11) is 1.66. The first-order valence-corrected chi connectivity index (χ1v) is 16.1. The Kier molecular flexibility index (Phi) is 11.5. The molecular formula is C41H42O6. The molecule has 1 heterocycles. The van der Waals surface area contributed by atoms with Crippen LogP contribution in [0.25, 0.3) is 10.8 Å². The molecule has 0 N–H and O–H groups in total. The van der Waals surface area contributed by atoms with Crippen LogP contribution in [-0.4, -0.2) is 38.1 Å². The van der Waals surface area contributed by atoms with Crippen LogP contribution in [0.2, 0.25) is 0 Å². The third kappa shape index (κ3) is 8.74. The molecule has 0 bridgehead atoms. The Morgan fingerprint density at radius 3 is 1.91 bits per heavy atom. The zero-order chi connectivity index (χ0) is 32.3. The van der Waals surface area contributed by atoms with Crippen molar-refractivity contribution in [1.82, 2.24) is 0 Å². The van der Waals surface area contributed by atoms with Crippen LogP contribution in [0.5, 0.6) is 5.75 Å². The van der Waals surface area contributed by atoms with Gasteiger partial charge in [-0.15, -0.1) is 6.58 Å². The Bertz CT molecular complexity index is 1690. The lowest BCUT2D eigenvalue weighted by Crippen LogP contribution is -2.50. The fourth-order valence-corrected chi connectivity index (χ4v) is 5.86. The average molecular weight is 631 g/mol. The SMILES string of the molecule is C=C[C@@H](OCc1ccccc1)C1OCc2cc3ccccc3cc2COCC(OCc2ccc(OC)cc2)[C@@H]1OCc1ccccc1. The van der Waals surface area contributed by atoms with Gasteiger partial charge in [-0.2, -0.15) is 0 Å². The topological polar surface area (TPSA) is 55.4 Å². The van der Waals surface area contributed by atoms with Crippen LogP contribution in [-0.2, 0) is 56.7 Å². The van der Waals surface area contributed by atoms with Crippen LogP contribution in [0, 0.1) is 0 Å². The van der Waals surface area contributed by atoms with Crippen LogP contribution in [0.1, 0.15) is 27.8 Å². The minimum absolute atomic E-state index is 0.296. The summed E-state index contributed by atoms with van der Waals surface area (Å²) >= 11 is 0. The Balaban J connectivity index is 1.34. The Labute approximate surface area is 277 Å². The molecule has 6 rings (SSSR count). The molecule has 0 aliphatic carbocycles. The van der Waals surface area contributed by atoms with Crippen molar-refractivity contribution in [3.8, 4) is 5.75 Å². The van der Waals surface area contributed by atoms with E-state index in [2.05, 4.69) is 55.1 Å². The quantitative estimate of drug-likeness (QED) is 0.130. The molecule has 47 heavy (non-hydrogen) atoms. The van der Waals surface area contributed by atoms with Crippen LogP contribution in [0.3, 0.4) is 0 Å². The van der Waals surface area contributed by atoms with Gasteiger partial charge in [0.25, 0.3) is 0 Å². The maximum Gasteiger partial charge on any atom is 0.118 e. The molecule has 0 saturated carbocycles. The maximum atomic E-state index is 6.88. The molecule has 5 aromatic rings. The lowest BCUT2D eigenvalue weighted by atomic mass is 9.99. The minimum atomic E-state index is -0.554. The second-order valence-corrected chi connectivity index (χ2v) is 11.7. The van der Waals surface area contributed by atoms with Crippen LogP contribution < -0.4 is 4.74 Å². The Morgan fingerprint density at radius 1 is 0.702 bits per heavy atom. The summed E-state index contributed by atoms with van der Waals surface area (Å²) < 4.78 is 38.6. The van der Waals surface area contributed by atoms with Crippen molar-refractivity contribution in [3.05, 3.63) is 162 Å². The average Bonchev–Trinajstić information content (AvgIpc) is 3.13. The Morgan fingerprint density at radius 2 is 1.28 bits per heavy atom. The molecule has 2 unspecified atom stereocenters. The smallest absolute Gasteiger partial charge is 0.118 e. The second-order valence-electron chi connectivity index (χ2n) is 11.7. The summed E-state index contributed by atoms with van der Waals surface area (Å²) in [6.45, 7) is 6.38. The van der Waals surface area contributed by atoms with Crippen LogP contribution >= 0.6 is 0 Å². The van der Waals surface area contributed by atoms with E-state index in [1.807, 2.05) is 72.8 Å². The summed E-state index contributed by atoms with van der Waals surface area (Å²) in [6.07, 6.45) is -0.265. The summed E-state index contributed by atoms with van der Waals surface area (Å²) in [5, 5.41) is 2.32. The van der Waals surface area contributed by atoms with E-state index >= 15 is 0 Å². The third-order valence-electron chi connectivity index (χ3n) is 8.48. The van der Waals surface area contributed by atoms with Crippen molar-refractivity contribution < 1.29 is 28.4 Å². The Hall–Kier alpha value is -4.30. The van der Waals surface area contributed by atoms with E-state index in [4.69, 9.17) is 28.4 Å². The predicted octanol–water partition coefficient (Wildman–Crippen LogP) is 8.21. The van der Waals surface area contributed by atoms with E-state index in [0.29, 0.717) is 39.6 Å². The highest BCUT2D eigenvalue weighted by atomic mass is 16.6. The number of ether oxygens (including phenoxy) is 6. The first kappa shape index (κ1) is 32.6. The fourth-order valence-electron chi connectivity index (χ4n) is 5.86. The normalized spacial score (nSPS) is 19.0.